The van der Waals surface area contributed by atoms with Gasteiger partial charge in [0.2, 0.25) is 5.91 Å². The van der Waals surface area contributed by atoms with Gasteiger partial charge in [-0.15, -0.1) is 0 Å². The largest absolute Gasteiger partial charge is 0.340 e. The highest BCUT2D eigenvalue weighted by Gasteiger charge is 2.20. The van der Waals surface area contributed by atoms with Gasteiger partial charge in [0.15, 0.2) is 0 Å². The lowest BCUT2D eigenvalue weighted by atomic mass is 9.94. The topological polar surface area (TPSA) is 35.6 Å². The number of amides is 1. The van der Waals surface area contributed by atoms with Crippen molar-refractivity contribution in [2.75, 3.05) is 46.3 Å². The third kappa shape index (κ3) is 3.96. The Morgan fingerprint density at radius 3 is 2.71 bits per heavy atom. The lowest BCUT2D eigenvalue weighted by Crippen LogP contribution is -2.47. The van der Waals surface area contributed by atoms with Gasteiger partial charge in [-0.3, -0.25) is 4.79 Å². The van der Waals surface area contributed by atoms with E-state index in [1.807, 2.05) is 4.90 Å². The quantitative estimate of drug-likeness (QED) is 0.781. The van der Waals surface area contributed by atoms with Gasteiger partial charge in [-0.2, -0.15) is 0 Å². The van der Waals surface area contributed by atoms with E-state index in [0.717, 1.165) is 58.0 Å². The number of carbonyl (C=O) groups excluding carboxylic acids is 1. The molecule has 1 amide bonds. The summed E-state index contributed by atoms with van der Waals surface area (Å²) in [5.74, 6) is 1.09. The molecule has 0 aromatic heterocycles. The first-order valence-electron chi connectivity index (χ1n) is 6.93. The Balaban J connectivity index is 1.66. The molecule has 0 saturated carbocycles. The van der Waals surface area contributed by atoms with Gasteiger partial charge in [0, 0.05) is 32.6 Å². The molecule has 2 aliphatic rings. The molecule has 0 radical (unpaired) electrons. The van der Waals surface area contributed by atoms with E-state index < -0.39 is 0 Å². The van der Waals surface area contributed by atoms with Crippen LogP contribution in [0.2, 0.25) is 0 Å². The standard InChI is InChI=1S/C13H25N3O/c1-15-7-9-16(10-8-15)13(17)5-4-12-3-2-6-14-11-12/h12,14H,2-11H2,1H3. The highest BCUT2D eigenvalue weighted by molar-refractivity contribution is 5.76. The van der Waals surface area contributed by atoms with Crippen molar-refractivity contribution < 1.29 is 4.79 Å². The van der Waals surface area contributed by atoms with Crippen LogP contribution in [0.25, 0.3) is 0 Å². The first kappa shape index (κ1) is 12.8. The van der Waals surface area contributed by atoms with Crippen LogP contribution in [0.15, 0.2) is 0 Å². The molecular weight excluding hydrogens is 214 g/mol. The summed E-state index contributed by atoms with van der Waals surface area (Å²) < 4.78 is 0. The number of hydrogen-bond donors (Lipinski definition) is 1. The molecular formula is C13H25N3O. The van der Waals surface area contributed by atoms with Gasteiger partial charge in [0.05, 0.1) is 0 Å². The molecule has 0 aliphatic carbocycles. The zero-order valence-corrected chi connectivity index (χ0v) is 11.0. The summed E-state index contributed by atoms with van der Waals surface area (Å²) in [7, 11) is 2.12. The Morgan fingerprint density at radius 2 is 2.06 bits per heavy atom. The van der Waals surface area contributed by atoms with Crippen molar-refractivity contribution >= 4 is 5.91 Å². The SMILES string of the molecule is CN1CCN(C(=O)CCC2CCCNC2)CC1. The molecule has 0 spiro atoms. The third-order valence-corrected chi connectivity index (χ3v) is 4.02. The number of rotatable bonds is 3. The van der Waals surface area contributed by atoms with E-state index in [0.29, 0.717) is 5.91 Å². The predicted octanol–water partition coefficient (Wildman–Crippen LogP) is 0.540. The van der Waals surface area contributed by atoms with Gasteiger partial charge in [-0.25, -0.2) is 0 Å². The number of piperazine rings is 1. The molecule has 4 heteroatoms. The van der Waals surface area contributed by atoms with E-state index in [4.69, 9.17) is 0 Å². The minimum Gasteiger partial charge on any atom is -0.340 e. The van der Waals surface area contributed by atoms with Crippen molar-refractivity contribution in [3.05, 3.63) is 0 Å². The Morgan fingerprint density at radius 1 is 1.29 bits per heavy atom. The highest BCUT2D eigenvalue weighted by Crippen LogP contribution is 2.16. The molecule has 98 valence electrons. The average Bonchev–Trinajstić information content (AvgIpc) is 2.38. The van der Waals surface area contributed by atoms with Crippen molar-refractivity contribution in [1.82, 2.24) is 15.1 Å². The summed E-state index contributed by atoms with van der Waals surface area (Å²) in [5.41, 5.74) is 0. The van der Waals surface area contributed by atoms with Crippen molar-refractivity contribution in [2.24, 2.45) is 5.92 Å². The van der Waals surface area contributed by atoms with Crippen LogP contribution in [0.5, 0.6) is 0 Å². The fraction of sp³-hybridized carbons (Fsp3) is 0.923. The van der Waals surface area contributed by atoms with Crippen LogP contribution < -0.4 is 5.32 Å². The molecule has 17 heavy (non-hydrogen) atoms. The zero-order chi connectivity index (χ0) is 12.1. The van der Waals surface area contributed by atoms with E-state index in [1.165, 1.54) is 12.8 Å². The Labute approximate surface area is 104 Å². The maximum absolute atomic E-state index is 12.0. The summed E-state index contributed by atoms with van der Waals surface area (Å²) in [5, 5.41) is 3.41. The maximum Gasteiger partial charge on any atom is 0.222 e. The average molecular weight is 239 g/mol. The number of piperidine rings is 1. The third-order valence-electron chi connectivity index (χ3n) is 4.02. The molecule has 1 N–H and O–H groups in total. The molecule has 2 heterocycles. The molecule has 2 saturated heterocycles. The van der Waals surface area contributed by atoms with Crippen LogP contribution in [0.3, 0.4) is 0 Å². The Hall–Kier alpha value is -0.610. The first-order valence-corrected chi connectivity index (χ1v) is 6.93. The molecule has 2 fully saturated rings. The van der Waals surface area contributed by atoms with Gasteiger partial charge in [-0.05, 0) is 45.3 Å². The number of hydrogen-bond acceptors (Lipinski definition) is 3. The van der Waals surface area contributed by atoms with Gasteiger partial charge < -0.3 is 15.1 Å². The highest BCUT2D eigenvalue weighted by atomic mass is 16.2. The number of likely N-dealkylation sites (N-methyl/N-ethyl adjacent to an activating group) is 1. The molecule has 2 rings (SSSR count). The van der Waals surface area contributed by atoms with Gasteiger partial charge in [0.25, 0.3) is 0 Å². The lowest BCUT2D eigenvalue weighted by Gasteiger charge is -2.33. The van der Waals surface area contributed by atoms with Crippen LogP contribution >= 0.6 is 0 Å². The fourth-order valence-electron chi connectivity index (χ4n) is 2.71. The van der Waals surface area contributed by atoms with E-state index in [9.17, 15) is 4.79 Å². The van der Waals surface area contributed by atoms with Crippen molar-refractivity contribution in [2.45, 2.75) is 25.7 Å². The summed E-state index contributed by atoms with van der Waals surface area (Å²) >= 11 is 0. The van der Waals surface area contributed by atoms with Crippen molar-refractivity contribution in [3.63, 3.8) is 0 Å². The zero-order valence-electron chi connectivity index (χ0n) is 11.0. The van der Waals surface area contributed by atoms with E-state index in [2.05, 4.69) is 17.3 Å². The summed E-state index contributed by atoms with van der Waals surface area (Å²) in [6.07, 6.45) is 4.38. The number of nitrogens with zero attached hydrogens (tertiary/aromatic N) is 2. The summed E-state index contributed by atoms with van der Waals surface area (Å²) in [6, 6.07) is 0. The minimum atomic E-state index is 0.365. The van der Waals surface area contributed by atoms with Gasteiger partial charge in [-0.1, -0.05) is 0 Å². The smallest absolute Gasteiger partial charge is 0.222 e. The van der Waals surface area contributed by atoms with Crippen LogP contribution in [-0.2, 0) is 4.79 Å². The van der Waals surface area contributed by atoms with Crippen molar-refractivity contribution in [3.8, 4) is 0 Å². The van der Waals surface area contributed by atoms with E-state index in [-0.39, 0.29) is 0 Å². The van der Waals surface area contributed by atoms with Gasteiger partial charge >= 0.3 is 0 Å². The number of carbonyl (C=O) groups is 1. The summed E-state index contributed by atoms with van der Waals surface area (Å²) in [4.78, 5) is 16.4. The maximum atomic E-state index is 12.0. The lowest BCUT2D eigenvalue weighted by molar-refractivity contribution is -0.133. The van der Waals surface area contributed by atoms with Crippen LogP contribution in [0.4, 0.5) is 0 Å². The van der Waals surface area contributed by atoms with Crippen LogP contribution in [-0.4, -0.2) is 62.0 Å². The fourth-order valence-corrected chi connectivity index (χ4v) is 2.71. The van der Waals surface area contributed by atoms with E-state index in [1.54, 1.807) is 0 Å². The van der Waals surface area contributed by atoms with Crippen molar-refractivity contribution in [1.29, 1.82) is 0 Å². The molecule has 0 aromatic carbocycles. The molecule has 0 bridgehead atoms. The molecule has 1 atom stereocenters. The molecule has 1 unspecified atom stereocenters. The second-order valence-electron chi connectivity index (χ2n) is 5.44. The monoisotopic (exact) mass is 239 g/mol. The molecule has 4 nitrogen and oxygen atoms in total. The second-order valence-corrected chi connectivity index (χ2v) is 5.44. The Bertz CT molecular complexity index is 243. The predicted molar refractivity (Wildman–Crippen MR) is 68.9 cm³/mol. The van der Waals surface area contributed by atoms with Gasteiger partial charge in [0.1, 0.15) is 0 Å². The molecule has 2 aliphatic heterocycles. The summed E-state index contributed by atoms with van der Waals surface area (Å²) in [6.45, 7) is 6.14. The normalized spacial score (nSPS) is 27.1. The minimum absolute atomic E-state index is 0.365. The van der Waals surface area contributed by atoms with Crippen LogP contribution in [0, 0.1) is 5.92 Å². The second kappa shape index (κ2) is 6.36. The van der Waals surface area contributed by atoms with E-state index >= 15 is 0 Å². The number of nitrogens with one attached hydrogen (secondary N) is 1. The Kier molecular flexibility index (Phi) is 4.80. The molecule has 0 aromatic rings. The van der Waals surface area contributed by atoms with Crippen LogP contribution in [0.1, 0.15) is 25.7 Å². The first-order chi connectivity index (χ1) is 8.25.